The summed E-state index contributed by atoms with van der Waals surface area (Å²) in [4.78, 5) is 13.5. The molecule has 0 aromatic heterocycles. The first-order valence-electron chi connectivity index (χ1n) is 7.24. The molecule has 1 amide bonds. The molecule has 110 valence electrons. The molecule has 2 N–H and O–H groups in total. The molecule has 1 aliphatic heterocycles. The van der Waals surface area contributed by atoms with Crippen LogP contribution in [-0.2, 0) is 11.3 Å². The van der Waals surface area contributed by atoms with Crippen LogP contribution in [0.2, 0.25) is 0 Å². The number of hydrogen-bond acceptors (Lipinski definition) is 3. The lowest BCUT2D eigenvalue weighted by Gasteiger charge is -2.16. The van der Waals surface area contributed by atoms with Gasteiger partial charge in [0.2, 0.25) is 5.91 Å². The summed E-state index contributed by atoms with van der Waals surface area (Å²) in [5.41, 5.74) is 6.64. The molecule has 1 heterocycles. The third kappa shape index (κ3) is 3.00. The number of methoxy groups -OCH3 is 1. The largest absolute Gasteiger partial charge is 0.497 e. The van der Waals surface area contributed by atoms with Gasteiger partial charge in [0.05, 0.1) is 13.0 Å². The molecule has 4 nitrogen and oxygen atoms in total. The van der Waals surface area contributed by atoms with E-state index in [-0.39, 0.29) is 11.8 Å². The second kappa shape index (κ2) is 5.74. The van der Waals surface area contributed by atoms with Gasteiger partial charge in [-0.25, -0.2) is 0 Å². The molecular weight excluding hydrogens is 264 g/mol. The Kier molecular flexibility index (Phi) is 3.80. The van der Waals surface area contributed by atoms with E-state index in [4.69, 9.17) is 10.5 Å². The average molecular weight is 284 g/mol. The van der Waals surface area contributed by atoms with Gasteiger partial charge in [0.1, 0.15) is 5.75 Å². The SMILES string of the molecule is COc1ccc2cc(CN3CC[C@H](C(N)=O)C3)ccc2c1. The predicted molar refractivity (Wildman–Crippen MR) is 83.1 cm³/mol. The van der Waals surface area contributed by atoms with Gasteiger partial charge >= 0.3 is 0 Å². The van der Waals surface area contributed by atoms with Crippen molar-refractivity contribution in [1.29, 1.82) is 0 Å². The van der Waals surface area contributed by atoms with Gasteiger partial charge in [0.25, 0.3) is 0 Å². The van der Waals surface area contributed by atoms with Crippen molar-refractivity contribution in [3.05, 3.63) is 42.0 Å². The van der Waals surface area contributed by atoms with Crippen LogP contribution < -0.4 is 10.5 Å². The standard InChI is InChI=1S/C17H20N2O2/c1-21-16-5-4-13-8-12(2-3-14(13)9-16)10-19-7-6-15(11-19)17(18)20/h2-5,8-9,15H,6-7,10-11H2,1H3,(H2,18,20)/t15-/m0/s1. The second-order valence-electron chi connectivity index (χ2n) is 5.67. The minimum absolute atomic E-state index is 0.00900. The van der Waals surface area contributed by atoms with E-state index < -0.39 is 0 Å². The van der Waals surface area contributed by atoms with Crippen LogP contribution in [0.25, 0.3) is 10.8 Å². The fraction of sp³-hybridized carbons (Fsp3) is 0.353. The van der Waals surface area contributed by atoms with Crippen LogP contribution in [-0.4, -0.2) is 31.0 Å². The summed E-state index contributed by atoms with van der Waals surface area (Å²) >= 11 is 0. The molecular formula is C17H20N2O2. The zero-order valence-electron chi connectivity index (χ0n) is 12.2. The van der Waals surface area contributed by atoms with Gasteiger partial charge in [-0.3, -0.25) is 9.69 Å². The number of hydrogen-bond donors (Lipinski definition) is 1. The smallest absolute Gasteiger partial charge is 0.221 e. The van der Waals surface area contributed by atoms with E-state index in [2.05, 4.69) is 29.2 Å². The van der Waals surface area contributed by atoms with E-state index in [9.17, 15) is 4.79 Å². The molecule has 0 radical (unpaired) electrons. The van der Waals surface area contributed by atoms with Crippen LogP contribution in [0.5, 0.6) is 5.75 Å². The fourth-order valence-corrected chi connectivity index (χ4v) is 2.97. The van der Waals surface area contributed by atoms with Gasteiger partial charge in [-0.2, -0.15) is 0 Å². The third-order valence-corrected chi connectivity index (χ3v) is 4.19. The maximum atomic E-state index is 11.2. The Morgan fingerprint density at radius 1 is 1.29 bits per heavy atom. The first-order chi connectivity index (χ1) is 10.2. The molecule has 1 atom stereocenters. The number of benzene rings is 2. The highest BCUT2D eigenvalue weighted by Gasteiger charge is 2.26. The number of primary amides is 1. The van der Waals surface area contributed by atoms with Crippen molar-refractivity contribution in [2.24, 2.45) is 11.7 Å². The van der Waals surface area contributed by atoms with E-state index in [0.717, 1.165) is 31.8 Å². The Morgan fingerprint density at radius 3 is 2.76 bits per heavy atom. The summed E-state index contributed by atoms with van der Waals surface area (Å²) in [7, 11) is 1.68. The molecule has 0 saturated carbocycles. The molecule has 3 rings (SSSR count). The summed E-state index contributed by atoms with van der Waals surface area (Å²) in [6.07, 6.45) is 0.875. The molecule has 2 aromatic carbocycles. The summed E-state index contributed by atoms with van der Waals surface area (Å²) < 4.78 is 5.24. The highest BCUT2D eigenvalue weighted by atomic mass is 16.5. The van der Waals surface area contributed by atoms with Crippen molar-refractivity contribution >= 4 is 16.7 Å². The van der Waals surface area contributed by atoms with E-state index in [1.165, 1.54) is 16.3 Å². The van der Waals surface area contributed by atoms with Crippen molar-refractivity contribution in [2.75, 3.05) is 20.2 Å². The minimum atomic E-state index is -0.178. The Labute approximate surface area is 124 Å². The van der Waals surface area contributed by atoms with Gasteiger partial charge in [0.15, 0.2) is 0 Å². The number of fused-ring (bicyclic) bond motifs is 1. The molecule has 1 saturated heterocycles. The van der Waals surface area contributed by atoms with Crippen LogP contribution in [0.4, 0.5) is 0 Å². The van der Waals surface area contributed by atoms with E-state index in [0.29, 0.717) is 0 Å². The molecule has 21 heavy (non-hydrogen) atoms. The zero-order valence-corrected chi connectivity index (χ0v) is 12.2. The van der Waals surface area contributed by atoms with Crippen LogP contribution in [0.1, 0.15) is 12.0 Å². The zero-order chi connectivity index (χ0) is 14.8. The molecule has 0 spiro atoms. The highest BCUT2D eigenvalue weighted by Crippen LogP contribution is 2.24. The molecule has 0 unspecified atom stereocenters. The van der Waals surface area contributed by atoms with Crippen molar-refractivity contribution in [3.63, 3.8) is 0 Å². The summed E-state index contributed by atoms with van der Waals surface area (Å²) in [5, 5.41) is 2.38. The van der Waals surface area contributed by atoms with Crippen LogP contribution in [0.3, 0.4) is 0 Å². The molecule has 1 fully saturated rings. The minimum Gasteiger partial charge on any atom is -0.497 e. The summed E-state index contributed by atoms with van der Waals surface area (Å²) in [6.45, 7) is 2.58. The van der Waals surface area contributed by atoms with Crippen molar-refractivity contribution < 1.29 is 9.53 Å². The summed E-state index contributed by atoms with van der Waals surface area (Å²) in [5.74, 6) is 0.705. The molecule has 1 aliphatic rings. The first kappa shape index (κ1) is 13.9. The van der Waals surface area contributed by atoms with Crippen molar-refractivity contribution in [3.8, 4) is 5.75 Å². The number of nitrogens with two attached hydrogens (primary N) is 1. The van der Waals surface area contributed by atoms with Crippen LogP contribution in [0, 0.1) is 5.92 Å². The van der Waals surface area contributed by atoms with Gasteiger partial charge < -0.3 is 10.5 Å². The molecule has 0 bridgehead atoms. The van der Waals surface area contributed by atoms with Gasteiger partial charge in [-0.15, -0.1) is 0 Å². The van der Waals surface area contributed by atoms with Crippen LogP contribution >= 0.6 is 0 Å². The van der Waals surface area contributed by atoms with Crippen LogP contribution in [0.15, 0.2) is 36.4 Å². The second-order valence-corrected chi connectivity index (χ2v) is 5.67. The van der Waals surface area contributed by atoms with Crippen molar-refractivity contribution in [1.82, 2.24) is 4.90 Å². The highest BCUT2D eigenvalue weighted by molar-refractivity contribution is 5.84. The summed E-state index contributed by atoms with van der Waals surface area (Å²) in [6, 6.07) is 12.6. The molecule has 4 heteroatoms. The number of carbonyl (C=O) groups is 1. The van der Waals surface area contributed by atoms with Gasteiger partial charge in [0, 0.05) is 13.1 Å². The lowest BCUT2D eigenvalue weighted by Crippen LogP contribution is -2.27. The Hall–Kier alpha value is -2.07. The lowest BCUT2D eigenvalue weighted by atomic mass is 10.1. The normalized spacial score (nSPS) is 19.0. The first-order valence-corrected chi connectivity index (χ1v) is 7.24. The number of ether oxygens (including phenoxy) is 1. The Balaban J connectivity index is 1.74. The van der Waals surface area contributed by atoms with E-state index in [1.807, 2.05) is 12.1 Å². The number of amides is 1. The predicted octanol–water partition coefficient (Wildman–Crippen LogP) is 2.16. The van der Waals surface area contributed by atoms with E-state index in [1.54, 1.807) is 7.11 Å². The number of nitrogens with zero attached hydrogens (tertiary/aromatic N) is 1. The maximum absolute atomic E-state index is 11.2. The maximum Gasteiger partial charge on any atom is 0.221 e. The Morgan fingerprint density at radius 2 is 2.05 bits per heavy atom. The number of rotatable bonds is 4. The van der Waals surface area contributed by atoms with E-state index >= 15 is 0 Å². The lowest BCUT2D eigenvalue weighted by molar-refractivity contribution is -0.121. The van der Waals surface area contributed by atoms with Crippen molar-refractivity contribution in [2.45, 2.75) is 13.0 Å². The number of carbonyl (C=O) groups excluding carboxylic acids is 1. The van der Waals surface area contributed by atoms with Gasteiger partial charge in [-0.05, 0) is 47.5 Å². The quantitative estimate of drug-likeness (QED) is 0.936. The number of likely N-dealkylation sites (tertiary alicyclic amines) is 1. The fourth-order valence-electron chi connectivity index (χ4n) is 2.97. The Bertz CT molecular complexity index is 669. The molecule has 2 aromatic rings. The molecule has 0 aliphatic carbocycles. The third-order valence-electron chi connectivity index (χ3n) is 4.19. The van der Waals surface area contributed by atoms with Gasteiger partial charge in [-0.1, -0.05) is 18.2 Å². The average Bonchev–Trinajstić information content (AvgIpc) is 2.95. The monoisotopic (exact) mass is 284 g/mol. The topological polar surface area (TPSA) is 55.6 Å².